The molecule has 124 valence electrons. The van der Waals surface area contributed by atoms with Gasteiger partial charge < -0.3 is 15.0 Å². The van der Waals surface area contributed by atoms with Crippen LogP contribution in [-0.2, 0) is 11.4 Å². The Kier molecular flexibility index (Phi) is 4.20. The van der Waals surface area contributed by atoms with Gasteiger partial charge >= 0.3 is 0 Å². The van der Waals surface area contributed by atoms with Gasteiger partial charge in [-0.15, -0.1) is 0 Å². The second-order valence-corrected chi connectivity index (χ2v) is 5.90. The number of carbonyl (C=O) groups is 2. The monoisotopic (exact) mass is 326 g/mol. The summed E-state index contributed by atoms with van der Waals surface area (Å²) in [5.74, 6) is -2.11. The third kappa shape index (κ3) is 3.08. The molecule has 1 fully saturated rings. The molecule has 0 atom stereocenters. The third-order valence-corrected chi connectivity index (χ3v) is 3.98. The first kappa shape index (κ1) is 16.0. The van der Waals surface area contributed by atoms with Crippen molar-refractivity contribution in [2.45, 2.75) is 32.4 Å². The number of amides is 1. The molecule has 1 aliphatic rings. The van der Waals surface area contributed by atoms with Gasteiger partial charge in [0.15, 0.2) is 5.75 Å². The Balaban J connectivity index is 2.06. The van der Waals surface area contributed by atoms with Crippen LogP contribution in [0, 0.1) is 6.92 Å². The van der Waals surface area contributed by atoms with Crippen molar-refractivity contribution in [2.24, 2.45) is 5.73 Å². The second-order valence-electron chi connectivity index (χ2n) is 5.90. The number of Topliss-reactive ketones (excluding diaryl/α,β-unsaturated/α-hetero) is 1. The first-order chi connectivity index (χ1) is 11.5. The smallest absolute Gasteiger partial charge is 0.291 e. The van der Waals surface area contributed by atoms with Crippen LogP contribution in [-0.4, -0.2) is 16.3 Å². The maximum Gasteiger partial charge on any atom is 0.291 e. The van der Waals surface area contributed by atoms with Gasteiger partial charge in [-0.05, 0) is 25.3 Å². The lowest BCUT2D eigenvalue weighted by molar-refractivity contribution is -0.114. The molecule has 1 aliphatic carbocycles. The number of rotatable bonds is 6. The summed E-state index contributed by atoms with van der Waals surface area (Å²) in [5, 5.41) is 0. The summed E-state index contributed by atoms with van der Waals surface area (Å²) in [5.41, 5.74) is 6.19. The topological polar surface area (TPSA) is 91.4 Å². The molecule has 1 saturated carbocycles. The van der Waals surface area contributed by atoms with Crippen molar-refractivity contribution in [2.75, 3.05) is 0 Å². The van der Waals surface area contributed by atoms with Gasteiger partial charge in [0, 0.05) is 17.8 Å². The molecule has 6 nitrogen and oxygen atoms in total. The Bertz CT molecular complexity index is 851. The fraction of sp³-hybridized carbons (Fsp3) is 0.278. The van der Waals surface area contributed by atoms with Crippen molar-refractivity contribution in [3.63, 3.8) is 0 Å². The molecule has 6 heteroatoms. The molecule has 1 aromatic carbocycles. The quantitative estimate of drug-likeness (QED) is 0.646. The van der Waals surface area contributed by atoms with Crippen LogP contribution >= 0.6 is 0 Å². The van der Waals surface area contributed by atoms with E-state index in [1.54, 1.807) is 11.5 Å². The molecule has 0 spiro atoms. The molecule has 2 aromatic rings. The summed E-state index contributed by atoms with van der Waals surface area (Å²) in [6, 6.07) is 10.8. The molecule has 0 aliphatic heterocycles. The molecular formula is C18H18N2O4. The molecule has 0 unspecified atom stereocenters. The van der Waals surface area contributed by atoms with Crippen molar-refractivity contribution in [3.8, 4) is 5.75 Å². The number of benzene rings is 1. The largest absolute Gasteiger partial charge is 0.483 e. The molecule has 0 saturated heterocycles. The highest BCUT2D eigenvalue weighted by atomic mass is 16.5. The molecule has 0 bridgehead atoms. The highest BCUT2D eigenvalue weighted by Gasteiger charge is 2.33. The number of nitrogens with two attached hydrogens (primary N) is 1. The van der Waals surface area contributed by atoms with E-state index in [1.807, 2.05) is 30.3 Å². The highest BCUT2D eigenvalue weighted by molar-refractivity contribution is 6.42. The van der Waals surface area contributed by atoms with E-state index in [-0.39, 0.29) is 24.1 Å². The van der Waals surface area contributed by atoms with Crippen LogP contribution in [0.5, 0.6) is 5.75 Å². The fourth-order valence-corrected chi connectivity index (χ4v) is 2.73. The summed E-state index contributed by atoms with van der Waals surface area (Å²) in [7, 11) is 0. The van der Waals surface area contributed by atoms with E-state index >= 15 is 0 Å². The zero-order valence-electron chi connectivity index (χ0n) is 13.3. The predicted molar refractivity (Wildman–Crippen MR) is 88.0 cm³/mol. The molecule has 24 heavy (non-hydrogen) atoms. The summed E-state index contributed by atoms with van der Waals surface area (Å²) >= 11 is 0. The standard InChI is InChI=1S/C18H18N2O4/c1-11-9-14(21)17(24-10-12-5-3-2-4-6-12)15(16(22)18(19)23)20(11)13-7-8-13/h2-6,9,13H,7-8,10H2,1H3,(H2,19,23). The number of aromatic nitrogens is 1. The van der Waals surface area contributed by atoms with Crippen LogP contribution in [0.1, 0.15) is 40.6 Å². The lowest BCUT2D eigenvalue weighted by atomic mass is 10.1. The Morgan fingerprint density at radius 3 is 2.50 bits per heavy atom. The normalized spacial score (nSPS) is 13.5. The van der Waals surface area contributed by atoms with Crippen molar-refractivity contribution in [3.05, 3.63) is 63.6 Å². The van der Waals surface area contributed by atoms with Crippen molar-refractivity contribution in [1.29, 1.82) is 0 Å². The molecule has 1 aromatic heterocycles. The van der Waals surface area contributed by atoms with Crippen LogP contribution in [0.3, 0.4) is 0 Å². The van der Waals surface area contributed by atoms with Gasteiger partial charge in [-0.1, -0.05) is 30.3 Å². The number of hydrogen-bond donors (Lipinski definition) is 1. The van der Waals surface area contributed by atoms with Crippen LogP contribution in [0.4, 0.5) is 0 Å². The van der Waals surface area contributed by atoms with E-state index in [0.29, 0.717) is 5.69 Å². The van der Waals surface area contributed by atoms with Gasteiger partial charge in [0.05, 0.1) is 0 Å². The minimum absolute atomic E-state index is 0.0362. The zero-order valence-corrected chi connectivity index (χ0v) is 13.3. The van der Waals surface area contributed by atoms with Crippen LogP contribution in [0.2, 0.25) is 0 Å². The number of ether oxygens (including phenoxy) is 1. The van der Waals surface area contributed by atoms with Crippen molar-refractivity contribution in [1.82, 2.24) is 4.57 Å². The van der Waals surface area contributed by atoms with Crippen LogP contribution < -0.4 is 15.9 Å². The van der Waals surface area contributed by atoms with E-state index < -0.39 is 17.1 Å². The fourth-order valence-electron chi connectivity index (χ4n) is 2.73. The Morgan fingerprint density at radius 1 is 1.25 bits per heavy atom. The van der Waals surface area contributed by atoms with Gasteiger partial charge in [-0.25, -0.2) is 0 Å². The number of aryl methyl sites for hydroxylation is 1. The summed E-state index contributed by atoms with van der Waals surface area (Å²) < 4.78 is 7.34. The van der Waals surface area contributed by atoms with Gasteiger partial charge in [0.1, 0.15) is 12.3 Å². The first-order valence-electron chi connectivity index (χ1n) is 7.76. The number of nitrogens with zero attached hydrogens (tertiary/aromatic N) is 1. The molecule has 0 radical (unpaired) electrons. The van der Waals surface area contributed by atoms with E-state index in [4.69, 9.17) is 10.5 Å². The maximum atomic E-state index is 12.4. The SMILES string of the molecule is Cc1cc(=O)c(OCc2ccccc2)c(C(=O)C(N)=O)n1C1CC1. The average molecular weight is 326 g/mol. The lowest BCUT2D eigenvalue weighted by Crippen LogP contribution is -2.30. The van der Waals surface area contributed by atoms with E-state index in [1.165, 1.54) is 6.07 Å². The average Bonchev–Trinajstić information content (AvgIpc) is 3.38. The molecule has 3 rings (SSSR count). The Morgan fingerprint density at radius 2 is 1.92 bits per heavy atom. The second kappa shape index (κ2) is 6.31. The van der Waals surface area contributed by atoms with Crippen LogP contribution in [0.25, 0.3) is 0 Å². The summed E-state index contributed by atoms with van der Waals surface area (Å²) in [4.78, 5) is 36.1. The predicted octanol–water partition coefficient (Wildman–Crippen LogP) is 1.74. The first-order valence-corrected chi connectivity index (χ1v) is 7.76. The van der Waals surface area contributed by atoms with Gasteiger partial charge in [-0.3, -0.25) is 14.4 Å². The molecule has 1 amide bonds. The molecule has 2 N–H and O–H groups in total. The van der Waals surface area contributed by atoms with Crippen molar-refractivity contribution < 1.29 is 14.3 Å². The maximum absolute atomic E-state index is 12.4. The minimum Gasteiger partial charge on any atom is -0.483 e. The summed E-state index contributed by atoms with van der Waals surface area (Å²) in [6.07, 6.45) is 1.78. The van der Waals surface area contributed by atoms with E-state index in [9.17, 15) is 14.4 Å². The zero-order chi connectivity index (χ0) is 17.3. The lowest BCUT2D eigenvalue weighted by Gasteiger charge is -2.18. The van der Waals surface area contributed by atoms with E-state index in [0.717, 1.165) is 18.4 Å². The Labute approximate surface area is 138 Å². The number of carbonyl (C=O) groups excluding carboxylic acids is 2. The Hall–Kier alpha value is -2.89. The van der Waals surface area contributed by atoms with Gasteiger partial charge in [0.2, 0.25) is 5.43 Å². The third-order valence-electron chi connectivity index (χ3n) is 3.98. The van der Waals surface area contributed by atoms with Gasteiger partial charge in [0.25, 0.3) is 11.7 Å². The number of primary amides is 1. The number of hydrogen-bond acceptors (Lipinski definition) is 4. The molecular weight excluding hydrogens is 308 g/mol. The van der Waals surface area contributed by atoms with Gasteiger partial charge in [-0.2, -0.15) is 0 Å². The number of pyridine rings is 1. The van der Waals surface area contributed by atoms with Crippen LogP contribution in [0.15, 0.2) is 41.2 Å². The van der Waals surface area contributed by atoms with Crippen molar-refractivity contribution >= 4 is 11.7 Å². The van der Waals surface area contributed by atoms with E-state index in [2.05, 4.69) is 0 Å². The molecule has 1 heterocycles. The highest BCUT2D eigenvalue weighted by Crippen LogP contribution is 2.38. The minimum atomic E-state index is -1.10. The summed E-state index contributed by atoms with van der Waals surface area (Å²) in [6.45, 7) is 1.86. The number of ketones is 1.